The molecule has 2 aromatic rings. The van der Waals surface area contributed by atoms with Crippen molar-refractivity contribution >= 4 is 22.3 Å². The van der Waals surface area contributed by atoms with Crippen LogP contribution in [0.2, 0.25) is 0 Å². The van der Waals surface area contributed by atoms with Crippen LogP contribution in [0.5, 0.6) is 0 Å². The first-order valence-corrected chi connectivity index (χ1v) is 4.80. The summed E-state index contributed by atoms with van der Waals surface area (Å²) in [5, 5.41) is 11.6. The summed E-state index contributed by atoms with van der Waals surface area (Å²) in [5.41, 5.74) is 1.40. The van der Waals surface area contributed by atoms with Crippen molar-refractivity contribution in [1.82, 2.24) is 4.98 Å². The van der Waals surface area contributed by atoms with Gasteiger partial charge in [-0.3, -0.25) is 10.1 Å². The number of non-ortho nitro benzene ring substituents is 1. The third kappa shape index (κ3) is 1.56. The van der Waals surface area contributed by atoms with Gasteiger partial charge in [-0.15, -0.1) is 0 Å². The Hall–Kier alpha value is -2.17. The second-order valence-electron chi connectivity index (χ2n) is 3.65. The van der Waals surface area contributed by atoms with Gasteiger partial charge in [0.1, 0.15) is 5.52 Å². The van der Waals surface area contributed by atoms with Crippen LogP contribution in [0.15, 0.2) is 30.5 Å². The molecular weight excluding hydrogens is 206 g/mol. The Bertz CT molecular complexity index is 552. The predicted molar refractivity (Wildman–Crippen MR) is 62.7 cm³/mol. The monoisotopic (exact) mass is 217 g/mol. The Balaban J connectivity index is 2.82. The average Bonchev–Trinajstić information content (AvgIpc) is 2.27. The SMILES string of the molecule is CN(C)c1ccc([N+](=O)[O-])c2ncccc12. The van der Waals surface area contributed by atoms with E-state index in [0.717, 1.165) is 11.1 Å². The Morgan fingerprint density at radius 3 is 2.69 bits per heavy atom. The topological polar surface area (TPSA) is 59.3 Å². The van der Waals surface area contributed by atoms with Gasteiger partial charge in [0, 0.05) is 37.4 Å². The molecule has 0 radical (unpaired) electrons. The fourth-order valence-electron chi connectivity index (χ4n) is 1.68. The zero-order valence-corrected chi connectivity index (χ0v) is 9.04. The molecule has 0 bridgehead atoms. The molecule has 2 rings (SSSR count). The largest absolute Gasteiger partial charge is 0.377 e. The van der Waals surface area contributed by atoms with Gasteiger partial charge in [0.05, 0.1) is 4.92 Å². The van der Waals surface area contributed by atoms with Crippen LogP contribution in [0.4, 0.5) is 11.4 Å². The number of nitrogens with zero attached hydrogens (tertiary/aromatic N) is 3. The second kappa shape index (κ2) is 3.77. The van der Waals surface area contributed by atoms with Gasteiger partial charge in [0.25, 0.3) is 5.69 Å². The summed E-state index contributed by atoms with van der Waals surface area (Å²) >= 11 is 0. The van der Waals surface area contributed by atoms with E-state index in [1.807, 2.05) is 25.1 Å². The highest BCUT2D eigenvalue weighted by molar-refractivity contribution is 5.97. The molecular formula is C11H11N3O2. The van der Waals surface area contributed by atoms with E-state index in [1.165, 1.54) is 6.07 Å². The fraction of sp³-hybridized carbons (Fsp3) is 0.182. The van der Waals surface area contributed by atoms with E-state index in [4.69, 9.17) is 0 Å². The Labute approximate surface area is 92.5 Å². The molecule has 5 nitrogen and oxygen atoms in total. The molecule has 0 aliphatic rings. The van der Waals surface area contributed by atoms with Gasteiger partial charge >= 0.3 is 0 Å². The maximum absolute atomic E-state index is 10.8. The molecule has 0 unspecified atom stereocenters. The van der Waals surface area contributed by atoms with E-state index >= 15 is 0 Å². The van der Waals surface area contributed by atoms with E-state index in [0.29, 0.717) is 5.52 Å². The van der Waals surface area contributed by atoms with Crippen LogP contribution in [-0.4, -0.2) is 24.0 Å². The molecule has 0 spiro atoms. The second-order valence-corrected chi connectivity index (χ2v) is 3.65. The van der Waals surface area contributed by atoms with Crippen molar-refractivity contribution in [3.8, 4) is 0 Å². The summed E-state index contributed by atoms with van der Waals surface area (Å²) in [4.78, 5) is 16.4. The molecule has 0 saturated heterocycles. The van der Waals surface area contributed by atoms with Crippen LogP contribution in [0.3, 0.4) is 0 Å². The Morgan fingerprint density at radius 2 is 2.06 bits per heavy atom. The van der Waals surface area contributed by atoms with Gasteiger partial charge in [-0.1, -0.05) is 0 Å². The zero-order valence-electron chi connectivity index (χ0n) is 9.04. The van der Waals surface area contributed by atoms with Gasteiger partial charge in [0.2, 0.25) is 0 Å². The molecule has 1 aromatic carbocycles. The number of fused-ring (bicyclic) bond motifs is 1. The molecule has 0 fully saturated rings. The summed E-state index contributed by atoms with van der Waals surface area (Å²) in [6.07, 6.45) is 1.56. The molecule has 82 valence electrons. The van der Waals surface area contributed by atoms with Crippen LogP contribution in [-0.2, 0) is 0 Å². The first-order chi connectivity index (χ1) is 7.61. The predicted octanol–water partition coefficient (Wildman–Crippen LogP) is 2.21. The van der Waals surface area contributed by atoms with Crippen LogP contribution in [0, 0.1) is 10.1 Å². The van der Waals surface area contributed by atoms with Gasteiger partial charge in [0.15, 0.2) is 0 Å². The van der Waals surface area contributed by atoms with Crippen molar-refractivity contribution in [2.45, 2.75) is 0 Å². The normalized spacial score (nSPS) is 10.4. The molecule has 1 heterocycles. The van der Waals surface area contributed by atoms with Crippen molar-refractivity contribution < 1.29 is 4.92 Å². The van der Waals surface area contributed by atoms with Gasteiger partial charge in [-0.25, -0.2) is 4.98 Å². The van der Waals surface area contributed by atoms with Crippen LogP contribution < -0.4 is 4.90 Å². The number of aromatic nitrogens is 1. The molecule has 1 aromatic heterocycles. The fourth-order valence-corrected chi connectivity index (χ4v) is 1.68. The molecule has 0 amide bonds. The van der Waals surface area contributed by atoms with Gasteiger partial charge < -0.3 is 4.90 Å². The molecule has 5 heteroatoms. The van der Waals surface area contributed by atoms with Crippen molar-refractivity contribution in [3.05, 3.63) is 40.6 Å². The first-order valence-electron chi connectivity index (χ1n) is 4.80. The number of benzene rings is 1. The highest BCUT2D eigenvalue weighted by Crippen LogP contribution is 2.30. The highest BCUT2D eigenvalue weighted by atomic mass is 16.6. The summed E-state index contributed by atoms with van der Waals surface area (Å²) < 4.78 is 0. The van der Waals surface area contributed by atoms with Crippen molar-refractivity contribution in [2.24, 2.45) is 0 Å². The average molecular weight is 217 g/mol. The summed E-state index contributed by atoms with van der Waals surface area (Å²) in [5.74, 6) is 0. The third-order valence-corrected chi connectivity index (χ3v) is 2.40. The standard InChI is InChI=1S/C11H11N3O2/c1-13(2)9-5-6-10(14(15)16)11-8(9)4-3-7-12-11/h3-7H,1-2H3. The molecule has 0 saturated carbocycles. The molecule has 0 atom stereocenters. The number of hydrogen-bond donors (Lipinski definition) is 0. The Morgan fingerprint density at radius 1 is 1.31 bits per heavy atom. The third-order valence-electron chi connectivity index (χ3n) is 2.40. The lowest BCUT2D eigenvalue weighted by Gasteiger charge is -2.14. The smallest absolute Gasteiger partial charge is 0.295 e. The van der Waals surface area contributed by atoms with E-state index in [-0.39, 0.29) is 5.69 Å². The molecule has 16 heavy (non-hydrogen) atoms. The van der Waals surface area contributed by atoms with Crippen LogP contribution in [0.1, 0.15) is 0 Å². The number of pyridine rings is 1. The van der Waals surface area contributed by atoms with Gasteiger partial charge in [-0.05, 0) is 18.2 Å². The summed E-state index contributed by atoms with van der Waals surface area (Å²) in [7, 11) is 3.79. The van der Waals surface area contributed by atoms with E-state index < -0.39 is 4.92 Å². The maximum Gasteiger partial charge on any atom is 0.295 e. The lowest BCUT2D eigenvalue weighted by molar-refractivity contribution is -0.383. The summed E-state index contributed by atoms with van der Waals surface area (Å²) in [6, 6.07) is 6.84. The quantitative estimate of drug-likeness (QED) is 0.571. The number of hydrogen-bond acceptors (Lipinski definition) is 4. The minimum Gasteiger partial charge on any atom is -0.377 e. The zero-order chi connectivity index (χ0) is 11.7. The first kappa shape index (κ1) is 10.4. The number of nitro benzene ring substituents is 1. The van der Waals surface area contributed by atoms with E-state index in [1.54, 1.807) is 18.3 Å². The highest BCUT2D eigenvalue weighted by Gasteiger charge is 2.15. The van der Waals surface area contributed by atoms with Crippen molar-refractivity contribution in [2.75, 3.05) is 19.0 Å². The Kier molecular flexibility index (Phi) is 2.44. The van der Waals surface area contributed by atoms with Crippen LogP contribution in [0.25, 0.3) is 10.9 Å². The number of anilines is 1. The lowest BCUT2D eigenvalue weighted by Crippen LogP contribution is -2.09. The van der Waals surface area contributed by atoms with Crippen LogP contribution >= 0.6 is 0 Å². The minimum absolute atomic E-state index is 0.0428. The minimum atomic E-state index is -0.408. The van der Waals surface area contributed by atoms with E-state index in [2.05, 4.69) is 4.98 Å². The number of rotatable bonds is 2. The lowest BCUT2D eigenvalue weighted by atomic mass is 10.1. The van der Waals surface area contributed by atoms with Gasteiger partial charge in [-0.2, -0.15) is 0 Å². The maximum atomic E-state index is 10.8. The number of nitro groups is 1. The molecule has 0 aliphatic heterocycles. The summed E-state index contributed by atoms with van der Waals surface area (Å²) in [6.45, 7) is 0. The van der Waals surface area contributed by atoms with Crippen molar-refractivity contribution in [1.29, 1.82) is 0 Å². The van der Waals surface area contributed by atoms with Crippen molar-refractivity contribution in [3.63, 3.8) is 0 Å². The molecule has 0 N–H and O–H groups in total. The molecule has 0 aliphatic carbocycles. The van der Waals surface area contributed by atoms with E-state index in [9.17, 15) is 10.1 Å².